The number of halogens is 3. The van der Waals surface area contributed by atoms with E-state index in [2.05, 4.69) is 9.83 Å². The van der Waals surface area contributed by atoms with Crippen molar-refractivity contribution in [1.82, 2.24) is 9.55 Å². The molecule has 1 N–H and O–H groups in total. The van der Waals surface area contributed by atoms with E-state index in [4.69, 9.17) is 16.4 Å². The molecule has 0 radical (unpaired) electrons. The number of rotatable bonds is 10. The van der Waals surface area contributed by atoms with Crippen molar-refractivity contribution < 1.29 is 27.8 Å². The summed E-state index contributed by atoms with van der Waals surface area (Å²) in [6, 6.07) is 13.1. The van der Waals surface area contributed by atoms with E-state index in [1.54, 1.807) is 36.4 Å². The number of carbonyl (C=O) groups is 1. The summed E-state index contributed by atoms with van der Waals surface area (Å²) in [4.78, 5) is 18.1. The zero-order valence-electron chi connectivity index (χ0n) is 18.5. The SMILES string of the molecule is [C-]#[N+]c1ccc(-c2ncc(C(F)(F)F)n2Cc2ccccc2OCCC[C@@H](C)CC(=O)O)cc1. The number of carboxylic acids is 1. The summed E-state index contributed by atoms with van der Waals surface area (Å²) < 4.78 is 48.2. The van der Waals surface area contributed by atoms with Crippen LogP contribution in [-0.4, -0.2) is 27.2 Å². The van der Waals surface area contributed by atoms with Crippen LogP contribution in [0.4, 0.5) is 18.9 Å². The van der Waals surface area contributed by atoms with Gasteiger partial charge in [0.25, 0.3) is 0 Å². The van der Waals surface area contributed by atoms with Gasteiger partial charge in [0.15, 0.2) is 5.69 Å². The topological polar surface area (TPSA) is 68.7 Å². The largest absolute Gasteiger partial charge is 0.493 e. The van der Waals surface area contributed by atoms with E-state index in [0.29, 0.717) is 42.0 Å². The molecule has 0 saturated carbocycles. The molecule has 0 aliphatic rings. The van der Waals surface area contributed by atoms with Crippen molar-refractivity contribution in [3.8, 4) is 17.1 Å². The zero-order valence-corrected chi connectivity index (χ0v) is 18.5. The first-order valence-corrected chi connectivity index (χ1v) is 10.7. The average molecular weight is 471 g/mol. The van der Waals surface area contributed by atoms with Gasteiger partial charge in [-0.15, -0.1) is 0 Å². The smallest absolute Gasteiger partial charge is 0.433 e. The van der Waals surface area contributed by atoms with Gasteiger partial charge in [0.1, 0.15) is 17.3 Å². The maximum absolute atomic E-state index is 13.7. The molecule has 0 unspecified atom stereocenters. The second-order valence-corrected chi connectivity index (χ2v) is 8.01. The normalized spacial score (nSPS) is 12.2. The zero-order chi connectivity index (χ0) is 24.7. The van der Waals surface area contributed by atoms with Crippen LogP contribution in [0.3, 0.4) is 0 Å². The third-order valence-corrected chi connectivity index (χ3v) is 5.32. The Morgan fingerprint density at radius 3 is 2.56 bits per heavy atom. The maximum Gasteiger partial charge on any atom is 0.433 e. The number of para-hydroxylation sites is 1. The third-order valence-electron chi connectivity index (χ3n) is 5.32. The van der Waals surface area contributed by atoms with Crippen LogP contribution in [-0.2, 0) is 17.5 Å². The summed E-state index contributed by atoms with van der Waals surface area (Å²) in [5.41, 5.74) is 0.528. The Bertz CT molecular complexity index is 1160. The molecule has 178 valence electrons. The molecule has 0 aliphatic heterocycles. The molecule has 0 saturated heterocycles. The summed E-state index contributed by atoms with van der Waals surface area (Å²) in [5.74, 6) is -0.238. The Hall–Kier alpha value is -3.80. The number of ether oxygens (including phenoxy) is 1. The highest BCUT2D eigenvalue weighted by molar-refractivity contribution is 5.66. The van der Waals surface area contributed by atoms with Gasteiger partial charge in [0.2, 0.25) is 0 Å². The van der Waals surface area contributed by atoms with E-state index in [1.165, 1.54) is 12.1 Å². The number of nitrogens with zero attached hydrogens (tertiary/aromatic N) is 3. The Kier molecular flexibility index (Phi) is 7.95. The lowest BCUT2D eigenvalue weighted by molar-refractivity contribution is -0.143. The van der Waals surface area contributed by atoms with Crippen molar-refractivity contribution in [2.24, 2.45) is 5.92 Å². The molecule has 6 nitrogen and oxygen atoms in total. The fourth-order valence-electron chi connectivity index (χ4n) is 3.64. The van der Waals surface area contributed by atoms with Crippen LogP contribution in [0, 0.1) is 12.5 Å². The first-order valence-electron chi connectivity index (χ1n) is 10.7. The van der Waals surface area contributed by atoms with Crippen molar-refractivity contribution >= 4 is 11.7 Å². The number of aromatic nitrogens is 2. The van der Waals surface area contributed by atoms with Gasteiger partial charge in [-0.2, -0.15) is 13.2 Å². The summed E-state index contributed by atoms with van der Waals surface area (Å²) in [5, 5.41) is 8.86. The molecular weight excluding hydrogens is 447 g/mol. The van der Waals surface area contributed by atoms with E-state index in [9.17, 15) is 18.0 Å². The van der Waals surface area contributed by atoms with Gasteiger partial charge in [-0.3, -0.25) is 4.79 Å². The lowest BCUT2D eigenvalue weighted by atomic mass is 10.0. The van der Waals surface area contributed by atoms with Gasteiger partial charge < -0.3 is 14.4 Å². The van der Waals surface area contributed by atoms with E-state index >= 15 is 0 Å². The minimum absolute atomic E-state index is 0.00781. The Labute approximate surface area is 195 Å². The molecule has 34 heavy (non-hydrogen) atoms. The highest BCUT2D eigenvalue weighted by Crippen LogP contribution is 2.34. The van der Waals surface area contributed by atoms with Gasteiger partial charge >= 0.3 is 12.1 Å². The molecule has 1 atom stereocenters. The number of aliphatic carboxylic acids is 1. The standard InChI is InChI=1S/C25H24F3N3O3/c1-17(14-23(32)33)6-5-13-34-21-8-4-3-7-19(21)16-31-22(25(26,27)28)15-30-24(31)18-9-11-20(29-2)12-10-18/h3-4,7-12,15,17H,5-6,13-14,16H2,1H3,(H,32,33)/t17-/m1/s1. The summed E-state index contributed by atoms with van der Waals surface area (Å²) in [7, 11) is 0. The van der Waals surface area contributed by atoms with E-state index in [0.717, 1.165) is 10.8 Å². The van der Waals surface area contributed by atoms with Gasteiger partial charge in [-0.05, 0) is 24.8 Å². The highest BCUT2D eigenvalue weighted by atomic mass is 19.4. The first-order chi connectivity index (χ1) is 16.2. The minimum Gasteiger partial charge on any atom is -0.493 e. The molecule has 0 bridgehead atoms. The Morgan fingerprint density at radius 2 is 1.91 bits per heavy atom. The highest BCUT2D eigenvalue weighted by Gasteiger charge is 2.36. The molecule has 3 aromatic rings. The molecule has 1 aromatic heterocycles. The molecule has 0 amide bonds. The lowest BCUT2D eigenvalue weighted by Gasteiger charge is -2.17. The van der Waals surface area contributed by atoms with E-state index in [-0.39, 0.29) is 24.7 Å². The summed E-state index contributed by atoms with van der Waals surface area (Å²) >= 11 is 0. The van der Waals surface area contributed by atoms with Gasteiger partial charge in [-0.25, -0.2) is 9.83 Å². The van der Waals surface area contributed by atoms with Crippen LogP contribution in [0.2, 0.25) is 0 Å². The van der Waals surface area contributed by atoms with Crippen molar-refractivity contribution in [2.75, 3.05) is 6.61 Å². The van der Waals surface area contributed by atoms with Crippen LogP contribution in [0.5, 0.6) is 5.75 Å². The molecule has 0 aliphatic carbocycles. The van der Waals surface area contributed by atoms with Crippen molar-refractivity contribution in [3.05, 3.63) is 77.4 Å². The number of benzene rings is 2. The second-order valence-electron chi connectivity index (χ2n) is 8.01. The summed E-state index contributed by atoms with van der Waals surface area (Å²) in [6.07, 6.45) is -2.42. The van der Waals surface area contributed by atoms with Crippen molar-refractivity contribution in [3.63, 3.8) is 0 Å². The lowest BCUT2D eigenvalue weighted by Crippen LogP contribution is -2.15. The quantitative estimate of drug-likeness (QED) is 0.273. The minimum atomic E-state index is -4.60. The molecular formula is C25H24F3N3O3. The fourth-order valence-corrected chi connectivity index (χ4v) is 3.64. The Morgan fingerprint density at radius 1 is 1.21 bits per heavy atom. The fraction of sp³-hybridized carbons (Fsp3) is 0.320. The van der Waals surface area contributed by atoms with Crippen LogP contribution in [0.25, 0.3) is 16.2 Å². The average Bonchev–Trinajstić information content (AvgIpc) is 3.21. The molecule has 3 rings (SSSR count). The van der Waals surface area contributed by atoms with Crippen LogP contribution in [0.15, 0.2) is 54.7 Å². The van der Waals surface area contributed by atoms with Crippen molar-refractivity contribution in [1.29, 1.82) is 0 Å². The van der Waals surface area contributed by atoms with Gasteiger partial charge in [0.05, 0.1) is 25.9 Å². The first kappa shape index (κ1) is 24.8. The predicted octanol–water partition coefficient (Wildman–Crippen LogP) is 6.44. The van der Waals surface area contributed by atoms with E-state index in [1.807, 2.05) is 6.92 Å². The third kappa shape index (κ3) is 6.38. The van der Waals surface area contributed by atoms with E-state index < -0.39 is 17.8 Å². The Balaban J connectivity index is 1.83. The molecule has 9 heteroatoms. The van der Waals surface area contributed by atoms with Crippen LogP contribution < -0.4 is 4.74 Å². The molecule has 0 spiro atoms. The number of hydrogen-bond donors (Lipinski definition) is 1. The number of hydrogen-bond acceptors (Lipinski definition) is 3. The number of alkyl halides is 3. The number of imidazole rings is 1. The summed E-state index contributed by atoms with van der Waals surface area (Å²) in [6.45, 7) is 9.12. The molecule has 2 aromatic carbocycles. The predicted molar refractivity (Wildman–Crippen MR) is 121 cm³/mol. The molecule has 0 fully saturated rings. The molecule has 1 heterocycles. The maximum atomic E-state index is 13.7. The van der Waals surface area contributed by atoms with Gasteiger partial charge in [0, 0.05) is 17.5 Å². The number of carboxylic acid groups (broad SMARTS) is 1. The van der Waals surface area contributed by atoms with Gasteiger partial charge in [-0.1, -0.05) is 49.4 Å². The second kappa shape index (κ2) is 10.9. The van der Waals surface area contributed by atoms with Crippen molar-refractivity contribution in [2.45, 2.75) is 38.9 Å². The van der Waals surface area contributed by atoms with Crippen LogP contribution in [0.1, 0.15) is 37.4 Å². The monoisotopic (exact) mass is 471 g/mol. The van der Waals surface area contributed by atoms with Crippen LogP contribution >= 0.6 is 0 Å².